The maximum atomic E-state index is 12.8. The summed E-state index contributed by atoms with van der Waals surface area (Å²) in [6.45, 7) is 3.13. The van der Waals surface area contributed by atoms with Gasteiger partial charge in [-0.25, -0.2) is 14.5 Å². The van der Waals surface area contributed by atoms with Crippen LogP contribution >= 0.6 is 0 Å². The fraction of sp³-hybridized carbons (Fsp3) is 0.211. The van der Waals surface area contributed by atoms with E-state index in [0.717, 1.165) is 0 Å². The molecule has 0 saturated carbocycles. The summed E-state index contributed by atoms with van der Waals surface area (Å²) in [4.78, 5) is 44.9. The van der Waals surface area contributed by atoms with Crippen molar-refractivity contribution >= 4 is 17.6 Å². The largest absolute Gasteiger partial charge is 0.448 e. The highest BCUT2D eigenvalue weighted by Crippen LogP contribution is 2.14. The number of rotatable bonds is 5. The first kappa shape index (κ1) is 19.0. The van der Waals surface area contributed by atoms with Crippen molar-refractivity contribution in [1.29, 1.82) is 0 Å². The molecule has 0 spiro atoms. The van der Waals surface area contributed by atoms with E-state index < -0.39 is 18.0 Å². The van der Waals surface area contributed by atoms with E-state index in [1.54, 1.807) is 30.8 Å². The van der Waals surface area contributed by atoms with Gasteiger partial charge in [-0.15, -0.1) is 0 Å². The quantitative estimate of drug-likeness (QED) is 0.671. The molecule has 9 nitrogen and oxygen atoms in total. The number of nitrogens with zero attached hydrogens (tertiary/aromatic N) is 4. The molecule has 0 unspecified atom stereocenters. The number of amides is 1. The van der Waals surface area contributed by atoms with Crippen LogP contribution in [0.4, 0.5) is 5.69 Å². The predicted molar refractivity (Wildman–Crippen MR) is 101 cm³/mol. The van der Waals surface area contributed by atoms with Gasteiger partial charge in [-0.1, -0.05) is 18.2 Å². The third-order valence-corrected chi connectivity index (χ3v) is 4.23. The Kier molecular flexibility index (Phi) is 5.35. The van der Waals surface area contributed by atoms with Crippen molar-refractivity contribution in [2.75, 3.05) is 5.32 Å². The van der Waals surface area contributed by atoms with Crippen LogP contribution in [-0.4, -0.2) is 37.3 Å². The lowest BCUT2D eigenvalue weighted by atomic mass is 10.3. The number of aromatic nitrogens is 4. The summed E-state index contributed by atoms with van der Waals surface area (Å²) in [5.41, 5.74) is 0.964. The molecule has 2 heterocycles. The van der Waals surface area contributed by atoms with Gasteiger partial charge in [0, 0.05) is 19.4 Å². The number of carbonyl (C=O) groups is 2. The van der Waals surface area contributed by atoms with Crippen LogP contribution in [0.1, 0.15) is 23.1 Å². The monoisotopic (exact) mass is 381 g/mol. The highest BCUT2D eigenvalue weighted by atomic mass is 16.5. The molecule has 2 aromatic heterocycles. The molecule has 0 saturated heterocycles. The van der Waals surface area contributed by atoms with E-state index in [0.29, 0.717) is 11.4 Å². The van der Waals surface area contributed by atoms with Crippen molar-refractivity contribution in [3.8, 4) is 5.69 Å². The van der Waals surface area contributed by atoms with E-state index in [2.05, 4.69) is 15.3 Å². The van der Waals surface area contributed by atoms with E-state index in [9.17, 15) is 14.4 Å². The van der Waals surface area contributed by atoms with E-state index in [1.165, 1.54) is 30.2 Å². The van der Waals surface area contributed by atoms with Crippen molar-refractivity contribution in [3.63, 3.8) is 0 Å². The molecular weight excluding hydrogens is 362 g/mol. The molecule has 1 atom stereocenters. The second kappa shape index (κ2) is 7.87. The molecule has 0 fully saturated rings. The minimum absolute atomic E-state index is 0.00975. The number of carbonyl (C=O) groups excluding carboxylic acids is 2. The Hall–Kier alpha value is -3.75. The summed E-state index contributed by atoms with van der Waals surface area (Å²) in [7, 11) is 1.72. The highest BCUT2D eigenvalue weighted by Gasteiger charge is 2.24. The van der Waals surface area contributed by atoms with Crippen LogP contribution in [0.15, 0.2) is 53.7 Å². The van der Waals surface area contributed by atoms with Crippen LogP contribution in [0.25, 0.3) is 5.69 Å². The van der Waals surface area contributed by atoms with E-state index >= 15 is 0 Å². The molecule has 0 aliphatic carbocycles. The van der Waals surface area contributed by atoms with Gasteiger partial charge >= 0.3 is 5.97 Å². The number of anilines is 1. The van der Waals surface area contributed by atoms with E-state index in [-0.39, 0.29) is 16.9 Å². The van der Waals surface area contributed by atoms with Crippen molar-refractivity contribution in [2.24, 2.45) is 7.05 Å². The molecule has 3 aromatic rings. The van der Waals surface area contributed by atoms with Gasteiger partial charge in [-0.3, -0.25) is 19.3 Å². The summed E-state index contributed by atoms with van der Waals surface area (Å²) < 4.78 is 8.19. The van der Waals surface area contributed by atoms with Gasteiger partial charge in [0.15, 0.2) is 11.8 Å². The van der Waals surface area contributed by atoms with Crippen LogP contribution in [0.3, 0.4) is 0 Å². The molecule has 0 bridgehead atoms. The maximum absolute atomic E-state index is 12.8. The molecule has 0 aliphatic heterocycles. The Labute approximate surface area is 160 Å². The van der Waals surface area contributed by atoms with Gasteiger partial charge in [0.25, 0.3) is 11.5 Å². The van der Waals surface area contributed by atoms with Crippen LogP contribution < -0.4 is 10.9 Å². The lowest BCUT2D eigenvalue weighted by molar-refractivity contribution is -0.123. The van der Waals surface area contributed by atoms with Gasteiger partial charge in [0.05, 0.1) is 17.6 Å². The molecule has 0 aliphatic rings. The van der Waals surface area contributed by atoms with Gasteiger partial charge in [-0.05, 0) is 26.0 Å². The molecule has 3 rings (SSSR count). The first-order valence-electron chi connectivity index (χ1n) is 8.52. The molecule has 1 N–H and O–H groups in total. The Morgan fingerprint density at radius 2 is 1.89 bits per heavy atom. The van der Waals surface area contributed by atoms with Crippen molar-refractivity contribution < 1.29 is 14.3 Å². The minimum Gasteiger partial charge on any atom is -0.448 e. The lowest BCUT2D eigenvalue weighted by Gasteiger charge is -2.12. The maximum Gasteiger partial charge on any atom is 0.359 e. The Bertz CT molecular complexity index is 1060. The van der Waals surface area contributed by atoms with Crippen LogP contribution in [0, 0.1) is 6.92 Å². The fourth-order valence-electron chi connectivity index (χ4n) is 2.62. The molecule has 1 aromatic carbocycles. The zero-order valence-electron chi connectivity index (χ0n) is 15.6. The number of ether oxygens (including phenoxy) is 1. The molecule has 28 heavy (non-hydrogen) atoms. The zero-order valence-corrected chi connectivity index (χ0v) is 15.6. The second-order valence-electron chi connectivity index (χ2n) is 6.06. The second-order valence-corrected chi connectivity index (χ2v) is 6.06. The molecular formula is C19H19N5O4. The Morgan fingerprint density at radius 3 is 2.54 bits per heavy atom. The first-order chi connectivity index (χ1) is 13.4. The summed E-state index contributed by atoms with van der Waals surface area (Å²) in [5.74, 6) is -1.40. The number of para-hydroxylation sites is 1. The van der Waals surface area contributed by atoms with Crippen molar-refractivity contribution in [1.82, 2.24) is 19.3 Å². The van der Waals surface area contributed by atoms with Gasteiger partial charge in [-0.2, -0.15) is 0 Å². The fourth-order valence-corrected chi connectivity index (χ4v) is 2.62. The van der Waals surface area contributed by atoms with Gasteiger partial charge in [0.1, 0.15) is 5.69 Å². The predicted octanol–water partition coefficient (Wildman–Crippen LogP) is 1.46. The molecule has 144 valence electrons. The number of benzene rings is 1. The van der Waals surface area contributed by atoms with Crippen LogP contribution in [0.5, 0.6) is 0 Å². The molecule has 1 amide bonds. The third-order valence-electron chi connectivity index (χ3n) is 4.23. The average Bonchev–Trinajstić information content (AvgIpc) is 2.92. The number of esters is 1. The summed E-state index contributed by atoms with van der Waals surface area (Å²) in [5, 5.41) is 2.56. The van der Waals surface area contributed by atoms with Gasteiger partial charge < -0.3 is 10.1 Å². The zero-order chi connectivity index (χ0) is 20.3. The van der Waals surface area contributed by atoms with Crippen molar-refractivity contribution in [2.45, 2.75) is 20.0 Å². The third kappa shape index (κ3) is 3.68. The number of hydrogen-bond donors (Lipinski definition) is 1. The van der Waals surface area contributed by atoms with Gasteiger partial charge in [0.2, 0.25) is 0 Å². The summed E-state index contributed by atoms with van der Waals surface area (Å²) in [6, 6.07) is 9.06. The van der Waals surface area contributed by atoms with Crippen LogP contribution in [0.2, 0.25) is 0 Å². The summed E-state index contributed by atoms with van der Waals surface area (Å²) >= 11 is 0. The molecule has 9 heteroatoms. The number of nitrogens with one attached hydrogen (secondary N) is 1. The smallest absolute Gasteiger partial charge is 0.359 e. The lowest BCUT2D eigenvalue weighted by Crippen LogP contribution is -2.32. The SMILES string of the molecule is Cc1c(NC(=O)[C@H](C)OC(=O)c2cnccn2)c(=O)n(-c2ccccc2)n1C. The highest BCUT2D eigenvalue weighted by molar-refractivity contribution is 5.97. The average molecular weight is 381 g/mol. The van der Waals surface area contributed by atoms with Crippen LogP contribution in [-0.2, 0) is 16.6 Å². The number of hydrogen-bond acceptors (Lipinski definition) is 6. The molecule has 0 radical (unpaired) electrons. The normalized spacial score (nSPS) is 11.7. The Balaban J connectivity index is 1.79. The first-order valence-corrected chi connectivity index (χ1v) is 8.52. The van der Waals surface area contributed by atoms with Crippen molar-refractivity contribution in [3.05, 3.63) is 70.7 Å². The Morgan fingerprint density at radius 1 is 1.18 bits per heavy atom. The van der Waals surface area contributed by atoms with E-state index in [4.69, 9.17) is 4.74 Å². The minimum atomic E-state index is -1.13. The van der Waals surface area contributed by atoms with E-state index in [1.807, 2.05) is 18.2 Å². The topological polar surface area (TPSA) is 108 Å². The summed E-state index contributed by atoms with van der Waals surface area (Å²) in [6.07, 6.45) is 2.88. The standard InChI is InChI=1S/C19H19N5O4/c1-12-16(18(26)24(23(12)3)14-7-5-4-6-8-14)22-17(25)13(2)28-19(27)15-11-20-9-10-21-15/h4-11,13H,1-3H3,(H,22,25)/t13-/m0/s1.